The average molecular weight is 481 g/mol. The van der Waals surface area contributed by atoms with E-state index in [1.807, 2.05) is 32.0 Å². The van der Waals surface area contributed by atoms with Gasteiger partial charge >= 0.3 is 0 Å². The Bertz CT molecular complexity index is 1160. The topological polar surface area (TPSA) is 75.5 Å². The lowest BCUT2D eigenvalue weighted by Crippen LogP contribution is -2.39. The van der Waals surface area contributed by atoms with Gasteiger partial charge in [-0.15, -0.1) is 0 Å². The number of nitrogens with one attached hydrogen (secondary N) is 1. The molecule has 0 saturated carbocycles. The minimum absolute atomic E-state index is 0.115. The van der Waals surface area contributed by atoms with Crippen molar-refractivity contribution in [3.63, 3.8) is 0 Å². The fraction of sp³-hybridized carbons (Fsp3) is 0.423. The SMILES string of the molecule is COc1ccc(C(=NC(C)C)N2CCCc3cc(C4=NNC(=O)SC4(C)C)ccc32)c(OC)c1. The van der Waals surface area contributed by atoms with Crippen molar-refractivity contribution in [2.45, 2.75) is 51.3 Å². The molecule has 34 heavy (non-hydrogen) atoms. The summed E-state index contributed by atoms with van der Waals surface area (Å²) >= 11 is 1.27. The first-order valence-electron chi connectivity index (χ1n) is 11.5. The molecule has 2 aliphatic rings. The van der Waals surface area contributed by atoms with Crippen LogP contribution in [0.15, 0.2) is 46.5 Å². The van der Waals surface area contributed by atoms with Crippen molar-refractivity contribution >= 4 is 34.2 Å². The number of hydrazone groups is 1. The Morgan fingerprint density at radius 2 is 1.97 bits per heavy atom. The number of benzene rings is 2. The summed E-state index contributed by atoms with van der Waals surface area (Å²) in [7, 11) is 3.32. The second-order valence-corrected chi connectivity index (χ2v) is 10.8. The Labute approximate surface area is 205 Å². The Morgan fingerprint density at radius 3 is 2.65 bits per heavy atom. The first-order valence-corrected chi connectivity index (χ1v) is 12.3. The van der Waals surface area contributed by atoms with Gasteiger partial charge in [-0.3, -0.25) is 9.79 Å². The van der Waals surface area contributed by atoms with Gasteiger partial charge in [-0.2, -0.15) is 5.10 Å². The number of ether oxygens (including phenoxy) is 2. The van der Waals surface area contributed by atoms with E-state index in [4.69, 9.17) is 14.5 Å². The number of fused-ring (bicyclic) bond motifs is 1. The van der Waals surface area contributed by atoms with Crippen LogP contribution in [0, 0.1) is 0 Å². The summed E-state index contributed by atoms with van der Waals surface area (Å²) in [6.45, 7) is 9.10. The zero-order valence-electron chi connectivity index (χ0n) is 20.6. The molecule has 2 aromatic rings. The summed E-state index contributed by atoms with van der Waals surface area (Å²) in [6.07, 6.45) is 1.98. The van der Waals surface area contributed by atoms with Crippen LogP contribution in [0.1, 0.15) is 50.8 Å². The van der Waals surface area contributed by atoms with Gasteiger partial charge in [-0.05, 0) is 75.9 Å². The van der Waals surface area contributed by atoms with Crippen molar-refractivity contribution in [3.8, 4) is 11.5 Å². The lowest BCUT2D eigenvalue weighted by molar-refractivity contribution is 0.260. The molecule has 4 rings (SSSR count). The van der Waals surface area contributed by atoms with Crippen LogP contribution in [0.5, 0.6) is 11.5 Å². The number of aryl methyl sites for hydroxylation is 1. The van der Waals surface area contributed by atoms with E-state index in [2.05, 4.69) is 47.5 Å². The molecule has 0 spiro atoms. The summed E-state index contributed by atoms with van der Waals surface area (Å²) in [4.78, 5) is 19.1. The molecule has 2 aromatic carbocycles. The molecule has 7 nitrogen and oxygen atoms in total. The van der Waals surface area contributed by atoms with E-state index in [0.29, 0.717) is 0 Å². The summed E-state index contributed by atoms with van der Waals surface area (Å²) in [5.41, 5.74) is 7.84. The number of thioether (sulfide) groups is 1. The molecule has 2 heterocycles. The molecule has 1 N–H and O–H groups in total. The Morgan fingerprint density at radius 1 is 1.18 bits per heavy atom. The highest BCUT2D eigenvalue weighted by atomic mass is 32.2. The summed E-state index contributed by atoms with van der Waals surface area (Å²) < 4.78 is 10.7. The van der Waals surface area contributed by atoms with E-state index in [0.717, 1.165) is 59.2 Å². The molecule has 2 aliphatic heterocycles. The molecule has 0 fully saturated rings. The van der Waals surface area contributed by atoms with E-state index >= 15 is 0 Å². The van der Waals surface area contributed by atoms with Gasteiger partial charge in [-0.25, -0.2) is 5.43 Å². The minimum atomic E-state index is -0.397. The number of anilines is 1. The van der Waals surface area contributed by atoms with Gasteiger partial charge in [-0.1, -0.05) is 17.8 Å². The van der Waals surface area contributed by atoms with Crippen LogP contribution < -0.4 is 19.8 Å². The van der Waals surface area contributed by atoms with Gasteiger partial charge < -0.3 is 14.4 Å². The zero-order valence-corrected chi connectivity index (χ0v) is 21.5. The Kier molecular flexibility index (Phi) is 6.89. The van der Waals surface area contributed by atoms with Gasteiger partial charge in [0.05, 0.1) is 30.2 Å². The highest BCUT2D eigenvalue weighted by Crippen LogP contribution is 2.36. The van der Waals surface area contributed by atoms with Gasteiger partial charge in [0.25, 0.3) is 5.24 Å². The predicted molar refractivity (Wildman–Crippen MR) is 140 cm³/mol. The molecule has 0 aromatic heterocycles. The molecule has 0 unspecified atom stereocenters. The van der Waals surface area contributed by atoms with Crippen molar-refractivity contribution < 1.29 is 14.3 Å². The molecule has 1 amide bonds. The molecular weight excluding hydrogens is 448 g/mol. The molecule has 0 aliphatic carbocycles. The van der Waals surface area contributed by atoms with E-state index in [1.54, 1.807) is 14.2 Å². The van der Waals surface area contributed by atoms with Crippen molar-refractivity contribution in [1.82, 2.24) is 5.43 Å². The van der Waals surface area contributed by atoms with Crippen LogP contribution in [0.25, 0.3) is 0 Å². The quantitative estimate of drug-likeness (QED) is 0.467. The normalized spacial score (nSPS) is 17.7. The maximum atomic E-state index is 11.8. The van der Waals surface area contributed by atoms with E-state index in [1.165, 1.54) is 17.3 Å². The number of hydrogen-bond donors (Lipinski definition) is 1. The smallest absolute Gasteiger partial charge is 0.300 e. The number of rotatable bonds is 5. The molecule has 0 radical (unpaired) electrons. The molecule has 0 bridgehead atoms. The largest absolute Gasteiger partial charge is 0.497 e. The maximum Gasteiger partial charge on any atom is 0.300 e. The fourth-order valence-corrected chi connectivity index (χ4v) is 5.24. The molecule has 0 saturated heterocycles. The second kappa shape index (κ2) is 9.70. The number of aliphatic imine (C=N–C) groups is 1. The van der Waals surface area contributed by atoms with Crippen LogP contribution >= 0.6 is 11.8 Å². The zero-order chi connectivity index (χ0) is 24.5. The van der Waals surface area contributed by atoms with Gasteiger partial charge in [0.2, 0.25) is 0 Å². The monoisotopic (exact) mass is 480 g/mol. The van der Waals surface area contributed by atoms with Gasteiger partial charge in [0, 0.05) is 24.3 Å². The minimum Gasteiger partial charge on any atom is -0.497 e. The number of amidine groups is 1. The highest BCUT2D eigenvalue weighted by Gasteiger charge is 2.35. The van der Waals surface area contributed by atoms with Crippen LogP contribution in [0.2, 0.25) is 0 Å². The number of carbonyl (C=O) groups excluding carboxylic acids is 1. The third kappa shape index (κ3) is 4.78. The van der Waals surface area contributed by atoms with Crippen LogP contribution in [-0.2, 0) is 6.42 Å². The lowest BCUT2D eigenvalue weighted by Gasteiger charge is -2.34. The molecule has 8 heteroatoms. The van der Waals surface area contributed by atoms with Crippen LogP contribution in [-0.4, -0.2) is 48.3 Å². The number of hydrogen-bond acceptors (Lipinski definition) is 6. The standard InChI is InChI=1S/C26H32N4O3S/c1-16(2)27-24(20-11-10-19(32-5)15-22(20)33-6)30-13-7-8-17-14-18(9-12-21(17)30)23-26(3,4)34-25(31)29-28-23/h9-12,14-16H,7-8,13H2,1-6H3,(H,29,31). The fourth-order valence-electron chi connectivity index (χ4n) is 4.43. The maximum absolute atomic E-state index is 11.8. The second-order valence-electron chi connectivity index (χ2n) is 9.18. The number of amides is 1. The van der Waals surface area contributed by atoms with Crippen molar-refractivity contribution in [3.05, 3.63) is 53.1 Å². The van der Waals surface area contributed by atoms with Crippen molar-refractivity contribution in [2.75, 3.05) is 25.7 Å². The van der Waals surface area contributed by atoms with Crippen LogP contribution in [0.3, 0.4) is 0 Å². The number of carbonyl (C=O) groups is 1. The van der Waals surface area contributed by atoms with Gasteiger partial charge in [0.15, 0.2) is 0 Å². The van der Waals surface area contributed by atoms with E-state index < -0.39 is 4.75 Å². The Hall–Kier alpha value is -3.00. The average Bonchev–Trinajstić information content (AvgIpc) is 2.80. The van der Waals surface area contributed by atoms with Crippen molar-refractivity contribution in [2.24, 2.45) is 10.1 Å². The van der Waals surface area contributed by atoms with E-state index in [9.17, 15) is 4.79 Å². The summed E-state index contributed by atoms with van der Waals surface area (Å²) in [5, 5.41) is 4.27. The first-order chi connectivity index (χ1) is 16.2. The van der Waals surface area contributed by atoms with E-state index in [-0.39, 0.29) is 11.3 Å². The lowest BCUT2D eigenvalue weighted by atomic mass is 9.93. The number of nitrogens with zero attached hydrogens (tertiary/aromatic N) is 3. The van der Waals surface area contributed by atoms with Crippen LogP contribution in [0.4, 0.5) is 10.5 Å². The first kappa shape index (κ1) is 24.1. The third-order valence-corrected chi connectivity index (χ3v) is 6.91. The predicted octanol–water partition coefficient (Wildman–Crippen LogP) is 5.25. The van der Waals surface area contributed by atoms with Crippen molar-refractivity contribution in [1.29, 1.82) is 0 Å². The highest BCUT2D eigenvalue weighted by molar-refractivity contribution is 8.15. The number of methoxy groups -OCH3 is 2. The molecule has 0 atom stereocenters. The van der Waals surface area contributed by atoms with Gasteiger partial charge in [0.1, 0.15) is 17.3 Å². The summed E-state index contributed by atoms with van der Waals surface area (Å²) in [5.74, 6) is 2.36. The molecular formula is C26H32N4O3S. The Balaban J connectivity index is 1.77. The third-order valence-electron chi connectivity index (χ3n) is 5.93. The summed E-state index contributed by atoms with van der Waals surface area (Å²) in [6, 6.07) is 12.4. The molecule has 180 valence electrons.